The third-order valence-electron chi connectivity index (χ3n) is 1.51. The lowest BCUT2D eigenvalue weighted by Gasteiger charge is -2.07. The molecule has 0 aliphatic carbocycles. The lowest BCUT2D eigenvalue weighted by atomic mass is 10.3. The van der Waals surface area contributed by atoms with Crippen LogP contribution in [-0.4, -0.2) is 18.8 Å². The summed E-state index contributed by atoms with van der Waals surface area (Å²) in [5, 5.41) is 0. The summed E-state index contributed by atoms with van der Waals surface area (Å²) in [4.78, 5) is 11.6. The number of hydrogen-bond donors (Lipinski definition) is 1. The molecule has 5 heteroatoms. The Labute approximate surface area is 95.1 Å². The summed E-state index contributed by atoms with van der Waals surface area (Å²) in [7, 11) is 0. The molecule has 0 fully saturated rings. The van der Waals surface area contributed by atoms with Crippen LogP contribution in [0.2, 0.25) is 0 Å². The molecule has 0 saturated carbocycles. The average molecular weight is 276 g/mol. The van der Waals surface area contributed by atoms with E-state index >= 15 is 0 Å². The first-order valence-electron chi connectivity index (χ1n) is 3.88. The molecule has 0 spiro atoms. The van der Waals surface area contributed by atoms with E-state index in [1.807, 2.05) is 24.5 Å². The lowest BCUT2D eigenvalue weighted by Crippen LogP contribution is -2.20. The van der Waals surface area contributed by atoms with Gasteiger partial charge in [0.1, 0.15) is 5.75 Å². The number of benzene rings is 1. The highest BCUT2D eigenvalue weighted by Gasteiger charge is 2.03. The maximum absolute atomic E-state index is 10.5. The van der Waals surface area contributed by atoms with Crippen molar-refractivity contribution in [2.45, 2.75) is 4.90 Å². The SMILES string of the molecule is CSc1ccc(Br)c(OCC(N)=O)c1. The number of carbonyl (C=O) groups excluding carboxylic acids is 1. The summed E-state index contributed by atoms with van der Waals surface area (Å²) in [6.07, 6.45) is 1.97. The minimum atomic E-state index is -0.480. The van der Waals surface area contributed by atoms with Gasteiger partial charge in [0.15, 0.2) is 6.61 Å². The van der Waals surface area contributed by atoms with Gasteiger partial charge in [-0.25, -0.2) is 0 Å². The third kappa shape index (κ3) is 3.23. The van der Waals surface area contributed by atoms with Crippen molar-refractivity contribution in [1.29, 1.82) is 0 Å². The molecule has 0 saturated heterocycles. The second kappa shape index (κ2) is 5.26. The molecule has 0 heterocycles. The van der Waals surface area contributed by atoms with Crippen LogP contribution in [0.25, 0.3) is 0 Å². The number of halogens is 1. The van der Waals surface area contributed by atoms with E-state index in [0.717, 1.165) is 9.37 Å². The second-order valence-corrected chi connectivity index (χ2v) is 4.29. The number of ether oxygens (including phenoxy) is 1. The van der Waals surface area contributed by atoms with Crippen molar-refractivity contribution < 1.29 is 9.53 Å². The maximum Gasteiger partial charge on any atom is 0.255 e. The first-order valence-corrected chi connectivity index (χ1v) is 5.90. The fraction of sp³-hybridized carbons (Fsp3) is 0.222. The van der Waals surface area contributed by atoms with Crippen molar-refractivity contribution in [3.63, 3.8) is 0 Å². The molecular formula is C9H10BrNO2S. The smallest absolute Gasteiger partial charge is 0.255 e. The quantitative estimate of drug-likeness (QED) is 0.856. The van der Waals surface area contributed by atoms with Crippen LogP contribution in [0.5, 0.6) is 5.75 Å². The van der Waals surface area contributed by atoms with Crippen molar-refractivity contribution >= 4 is 33.6 Å². The van der Waals surface area contributed by atoms with Crippen LogP contribution < -0.4 is 10.5 Å². The largest absolute Gasteiger partial charge is 0.483 e. The molecule has 3 nitrogen and oxygen atoms in total. The predicted octanol–water partition coefficient (Wildman–Crippen LogP) is 2.04. The highest BCUT2D eigenvalue weighted by Crippen LogP contribution is 2.29. The highest BCUT2D eigenvalue weighted by molar-refractivity contribution is 9.10. The van der Waals surface area contributed by atoms with Gasteiger partial charge in [0.25, 0.3) is 5.91 Å². The Morgan fingerprint density at radius 2 is 2.36 bits per heavy atom. The molecule has 0 unspecified atom stereocenters. The summed E-state index contributed by atoms with van der Waals surface area (Å²) in [5.74, 6) is 0.155. The summed E-state index contributed by atoms with van der Waals surface area (Å²) in [6.45, 7) is -0.101. The third-order valence-corrected chi connectivity index (χ3v) is 2.89. The number of primary amides is 1. The summed E-state index contributed by atoms with van der Waals surface area (Å²) >= 11 is 4.93. The number of rotatable bonds is 4. The van der Waals surface area contributed by atoms with E-state index in [2.05, 4.69) is 15.9 Å². The molecule has 0 aromatic heterocycles. The molecule has 1 rings (SSSR count). The van der Waals surface area contributed by atoms with Crippen molar-refractivity contribution in [2.75, 3.05) is 12.9 Å². The van der Waals surface area contributed by atoms with E-state index in [0.29, 0.717) is 5.75 Å². The molecule has 0 bridgehead atoms. The van der Waals surface area contributed by atoms with E-state index < -0.39 is 5.91 Å². The molecule has 1 aromatic rings. The number of amides is 1. The topological polar surface area (TPSA) is 52.3 Å². The van der Waals surface area contributed by atoms with E-state index in [-0.39, 0.29) is 6.61 Å². The highest BCUT2D eigenvalue weighted by atomic mass is 79.9. The molecule has 0 atom stereocenters. The molecular weight excluding hydrogens is 266 g/mol. The van der Waals surface area contributed by atoms with Crippen LogP contribution >= 0.6 is 27.7 Å². The van der Waals surface area contributed by atoms with E-state index in [9.17, 15) is 4.79 Å². The standard InChI is InChI=1S/C9H10BrNO2S/c1-14-6-2-3-7(10)8(4-6)13-5-9(11)12/h2-4H,5H2,1H3,(H2,11,12). The van der Waals surface area contributed by atoms with Crippen LogP contribution in [0.15, 0.2) is 27.6 Å². The van der Waals surface area contributed by atoms with E-state index in [4.69, 9.17) is 10.5 Å². The summed E-state index contributed by atoms with van der Waals surface area (Å²) < 4.78 is 6.02. The number of nitrogens with two attached hydrogens (primary N) is 1. The molecule has 76 valence electrons. The lowest BCUT2D eigenvalue weighted by molar-refractivity contribution is -0.119. The zero-order valence-corrected chi connectivity index (χ0v) is 10.0. The fourth-order valence-corrected chi connectivity index (χ4v) is 1.66. The van der Waals surface area contributed by atoms with Crippen molar-refractivity contribution in [3.8, 4) is 5.75 Å². The summed E-state index contributed by atoms with van der Waals surface area (Å²) in [6, 6.07) is 5.70. The summed E-state index contributed by atoms with van der Waals surface area (Å²) in [5.41, 5.74) is 4.98. The Balaban J connectivity index is 2.78. The van der Waals surface area contributed by atoms with Gasteiger partial charge in [-0.3, -0.25) is 4.79 Å². The molecule has 0 aliphatic rings. The van der Waals surface area contributed by atoms with Gasteiger partial charge in [-0.05, 0) is 40.4 Å². The van der Waals surface area contributed by atoms with Gasteiger partial charge in [0.2, 0.25) is 0 Å². The number of hydrogen-bond acceptors (Lipinski definition) is 3. The molecule has 14 heavy (non-hydrogen) atoms. The van der Waals surface area contributed by atoms with E-state index in [1.54, 1.807) is 11.8 Å². The average Bonchev–Trinajstić information content (AvgIpc) is 2.16. The minimum Gasteiger partial charge on any atom is -0.483 e. The van der Waals surface area contributed by atoms with Crippen molar-refractivity contribution in [2.24, 2.45) is 5.73 Å². The first kappa shape index (κ1) is 11.4. The number of thioether (sulfide) groups is 1. The van der Waals surface area contributed by atoms with Gasteiger partial charge >= 0.3 is 0 Å². The van der Waals surface area contributed by atoms with Gasteiger partial charge in [-0.1, -0.05) is 0 Å². The Morgan fingerprint density at radius 3 is 2.93 bits per heavy atom. The molecule has 1 amide bonds. The molecule has 0 radical (unpaired) electrons. The first-order chi connectivity index (χ1) is 6.63. The Bertz CT molecular complexity index is 344. The predicted molar refractivity (Wildman–Crippen MR) is 60.6 cm³/mol. The van der Waals surface area contributed by atoms with Crippen molar-refractivity contribution in [1.82, 2.24) is 0 Å². The number of carbonyl (C=O) groups is 1. The van der Waals surface area contributed by atoms with Gasteiger partial charge < -0.3 is 10.5 Å². The van der Waals surface area contributed by atoms with Crippen LogP contribution in [0, 0.1) is 0 Å². The van der Waals surface area contributed by atoms with Crippen LogP contribution in [0.4, 0.5) is 0 Å². The van der Waals surface area contributed by atoms with Gasteiger partial charge in [-0.2, -0.15) is 0 Å². The molecule has 1 aromatic carbocycles. The second-order valence-electron chi connectivity index (χ2n) is 2.55. The van der Waals surface area contributed by atoms with Gasteiger partial charge in [0.05, 0.1) is 4.47 Å². The minimum absolute atomic E-state index is 0.101. The van der Waals surface area contributed by atoms with Crippen LogP contribution in [0.3, 0.4) is 0 Å². The Hall–Kier alpha value is -0.680. The zero-order valence-electron chi connectivity index (χ0n) is 7.62. The maximum atomic E-state index is 10.5. The monoisotopic (exact) mass is 275 g/mol. The normalized spacial score (nSPS) is 9.86. The zero-order chi connectivity index (χ0) is 10.6. The van der Waals surface area contributed by atoms with Crippen molar-refractivity contribution in [3.05, 3.63) is 22.7 Å². The van der Waals surface area contributed by atoms with E-state index in [1.165, 1.54) is 0 Å². The van der Waals surface area contributed by atoms with Gasteiger partial charge in [0, 0.05) is 4.90 Å². The molecule has 0 aliphatic heterocycles. The van der Waals surface area contributed by atoms with Gasteiger partial charge in [-0.15, -0.1) is 11.8 Å². The Morgan fingerprint density at radius 1 is 1.64 bits per heavy atom. The molecule has 2 N–H and O–H groups in total. The fourth-order valence-electron chi connectivity index (χ4n) is 0.870. The van der Waals surface area contributed by atoms with Crippen LogP contribution in [-0.2, 0) is 4.79 Å². The van der Waals surface area contributed by atoms with Crippen LogP contribution in [0.1, 0.15) is 0 Å². The Kier molecular flexibility index (Phi) is 4.28.